The molecular formula is C24H18N2S4. The van der Waals surface area contributed by atoms with Gasteiger partial charge in [-0.2, -0.15) is 0 Å². The Morgan fingerprint density at radius 3 is 1.23 bits per heavy atom. The molecule has 0 bridgehead atoms. The van der Waals surface area contributed by atoms with Gasteiger partial charge >= 0.3 is 0 Å². The molecule has 5 rings (SSSR count). The van der Waals surface area contributed by atoms with Crippen molar-refractivity contribution in [2.75, 3.05) is 11.5 Å². The molecule has 1 aliphatic heterocycles. The predicted molar refractivity (Wildman–Crippen MR) is 131 cm³/mol. The van der Waals surface area contributed by atoms with E-state index in [9.17, 15) is 0 Å². The number of rotatable bonds is 4. The van der Waals surface area contributed by atoms with E-state index in [1.54, 1.807) is 23.5 Å². The minimum Gasteiger partial charge on any atom is -0.399 e. The van der Waals surface area contributed by atoms with Crippen LogP contribution in [0.5, 0.6) is 0 Å². The van der Waals surface area contributed by atoms with E-state index in [-0.39, 0.29) is 0 Å². The average Bonchev–Trinajstić information content (AvgIpc) is 2.75. The Bertz CT molecular complexity index is 1110. The molecule has 0 fully saturated rings. The van der Waals surface area contributed by atoms with E-state index in [1.807, 2.05) is 47.8 Å². The van der Waals surface area contributed by atoms with Crippen LogP contribution in [0, 0.1) is 0 Å². The summed E-state index contributed by atoms with van der Waals surface area (Å²) in [6, 6.07) is 29.5. The summed E-state index contributed by atoms with van der Waals surface area (Å²) in [6.45, 7) is 0. The highest BCUT2D eigenvalue weighted by molar-refractivity contribution is 8.05. The lowest BCUT2D eigenvalue weighted by atomic mass is 10.3. The third kappa shape index (κ3) is 4.47. The summed E-state index contributed by atoms with van der Waals surface area (Å²) >= 11 is 7.22. The van der Waals surface area contributed by atoms with E-state index in [1.165, 1.54) is 39.2 Å². The Kier molecular flexibility index (Phi) is 5.65. The fourth-order valence-corrected chi connectivity index (χ4v) is 7.15. The Labute approximate surface area is 193 Å². The van der Waals surface area contributed by atoms with Crippen molar-refractivity contribution in [3.63, 3.8) is 0 Å². The summed E-state index contributed by atoms with van der Waals surface area (Å²) in [6.07, 6.45) is 0. The molecule has 4 aromatic rings. The largest absolute Gasteiger partial charge is 0.399 e. The highest BCUT2D eigenvalue weighted by Gasteiger charge is 2.18. The number of nitrogens with two attached hydrogens (primary N) is 2. The summed E-state index contributed by atoms with van der Waals surface area (Å²) < 4.78 is 0. The molecule has 0 atom stereocenters. The van der Waals surface area contributed by atoms with E-state index in [2.05, 4.69) is 60.7 Å². The number of hydrogen-bond acceptors (Lipinski definition) is 6. The smallest absolute Gasteiger partial charge is 0.0314 e. The second-order valence-electron chi connectivity index (χ2n) is 6.76. The minimum absolute atomic E-state index is 0.793. The van der Waals surface area contributed by atoms with Gasteiger partial charge in [-0.1, -0.05) is 47.0 Å². The molecule has 1 heterocycles. The molecule has 0 radical (unpaired) electrons. The van der Waals surface area contributed by atoms with E-state index >= 15 is 0 Å². The lowest BCUT2D eigenvalue weighted by Crippen LogP contribution is -1.90. The summed E-state index contributed by atoms with van der Waals surface area (Å²) in [5.74, 6) is 0. The average molecular weight is 463 g/mol. The van der Waals surface area contributed by atoms with Gasteiger partial charge in [-0.15, -0.1) is 0 Å². The van der Waals surface area contributed by atoms with Gasteiger partial charge in [0.15, 0.2) is 0 Å². The van der Waals surface area contributed by atoms with Crippen LogP contribution in [0.3, 0.4) is 0 Å². The van der Waals surface area contributed by atoms with Crippen molar-refractivity contribution in [2.45, 2.75) is 39.2 Å². The molecule has 6 heteroatoms. The van der Waals surface area contributed by atoms with Crippen molar-refractivity contribution in [1.82, 2.24) is 0 Å². The van der Waals surface area contributed by atoms with Gasteiger partial charge in [-0.05, 0) is 84.9 Å². The molecule has 2 nitrogen and oxygen atoms in total. The van der Waals surface area contributed by atoms with Crippen molar-refractivity contribution in [1.29, 1.82) is 0 Å². The van der Waals surface area contributed by atoms with Crippen LogP contribution < -0.4 is 11.5 Å². The van der Waals surface area contributed by atoms with Crippen molar-refractivity contribution in [3.05, 3.63) is 84.9 Å². The van der Waals surface area contributed by atoms with Crippen molar-refractivity contribution in [3.8, 4) is 0 Å². The van der Waals surface area contributed by atoms with Crippen LogP contribution in [0.1, 0.15) is 0 Å². The van der Waals surface area contributed by atoms with Gasteiger partial charge in [0.1, 0.15) is 0 Å². The maximum atomic E-state index is 5.80. The Hall–Kier alpha value is -2.12. The highest BCUT2D eigenvalue weighted by Crippen LogP contribution is 2.50. The monoisotopic (exact) mass is 462 g/mol. The fraction of sp³-hybridized carbons (Fsp3) is 0. The van der Waals surface area contributed by atoms with Crippen molar-refractivity contribution < 1.29 is 0 Å². The Morgan fingerprint density at radius 1 is 0.433 bits per heavy atom. The van der Waals surface area contributed by atoms with Crippen molar-refractivity contribution in [2.24, 2.45) is 0 Å². The highest BCUT2D eigenvalue weighted by atomic mass is 32.2. The Morgan fingerprint density at radius 2 is 0.800 bits per heavy atom. The Balaban J connectivity index is 1.36. The summed E-state index contributed by atoms with van der Waals surface area (Å²) in [5, 5.41) is 0. The standard InChI is InChI=1S/C24H18N2S4/c25-15-1-5-17(6-2-15)27-19-9-11-21-23(13-19)30-24-14-20(10-12-22(24)29-21)28-18-7-3-16(26)4-8-18/h1-14H,25-26H2. The predicted octanol–water partition coefficient (Wildman–Crippen LogP) is 7.77. The zero-order chi connectivity index (χ0) is 20.5. The maximum absolute atomic E-state index is 5.80. The van der Waals surface area contributed by atoms with Crippen LogP contribution in [0.4, 0.5) is 11.4 Å². The number of hydrogen-bond donors (Lipinski definition) is 2. The molecule has 30 heavy (non-hydrogen) atoms. The maximum Gasteiger partial charge on any atom is 0.0314 e. The number of fused-ring (bicyclic) bond motifs is 2. The zero-order valence-corrected chi connectivity index (χ0v) is 19.1. The van der Waals surface area contributed by atoms with Crippen LogP contribution in [-0.4, -0.2) is 0 Å². The third-order valence-electron chi connectivity index (χ3n) is 4.50. The van der Waals surface area contributed by atoms with E-state index in [4.69, 9.17) is 11.5 Å². The van der Waals surface area contributed by atoms with Crippen LogP contribution in [0.15, 0.2) is 124 Å². The molecule has 0 aromatic heterocycles. The molecule has 0 spiro atoms. The summed E-state index contributed by atoms with van der Waals surface area (Å²) in [7, 11) is 0. The summed E-state index contributed by atoms with van der Waals surface area (Å²) in [5.41, 5.74) is 13.2. The fourth-order valence-electron chi connectivity index (χ4n) is 3.01. The second kappa shape index (κ2) is 8.55. The second-order valence-corrected chi connectivity index (χ2v) is 11.2. The van der Waals surface area contributed by atoms with Gasteiger partial charge in [0.05, 0.1) is 0 Å². The molecule has 4 aromatic carbocycles. The van der Waals surface area contributed by atoms with Gasteiger partial charge in [0.25, 0.3) is 0 Å². The van der Waals surface area contributed by atoms with E-state index in [0.717, 1.165) is 11.4 Å². The quantitative estimate of drug-likeness (QED) is 0.266. The number of benzene rings is 4. The molecule has 4 N–H and O–H groups in total. The third-order valence-corrected chi connectivity index (χ3v) is 9.02. The molecular weight excluding hydrogens is 445 g/mol. The van der Waals surface area contributed by atoms with Gasteiger partial charge in [-0.3, -0.25) is 0 Å². The first-order chi connectivity index (χ1) is 14.6. The number of anilines is 2. The van der Waals surface area contributed by atoms with Gasteiger partial charge in [0.2, 0.25) is 0 Å². The lowest BCUT2D eigenvalue weighted by Gasteiger charge is -2.19. The molecule has 1 aliphatic rings. The van der Waals surface area contributed by atoms with Crippen molar-refractivity contribution >= 4 is 58.4 Å². The lowest BCUT2D eigenvalue weighted by molar-refractivity contribution is 1.11. The van der Waals surface area contributed by atoms with Gasteiger partial charge in [0, 0.05) is 50.5 Å². The first-order valence-electron chi connectivity index (χ1n) is 9.33. The van der Waals surface area contributed by atoms with E-state index in [0.29, 0.717) is 0 Å². The molecule has 0 aliphatic carbocycles. The molecule has 148 valence electrons. The molecule has 0 saturated carbocycles. The van der Waals surface area contributed by atoms with Crippen LogP contribution >= 0.6 is 47.0 Å². The molecule has 0 saturated heterocycles. The number of nitrogen functional groups attached to an aromatic ring is 2. The minimum atomic E-state index is 0.793. The molecule has 0 amide bonds. The van der Waals surface area contributed by atoms with E-state index < -0.39 is 0 Å². The topological polar surface area (TPSA) is 52.0 Å². The summed E-state index contributed by atoms with van der Waals surface area (Å²) in [4.78, 5) is 10.1. The first-order valence-corrected chi connectivity index (χ1v) is 12.6. The molecule has 0 unspecified atom stereocenters. The van der Waals surface area contributed by atoms with Crippen LogP contribution in [0.2, 0.25) is 0 Å². The SMILES string of the molecule is Nc1ccc(Sc2ccc3c(c2)Sc2cc(Sc4ccc(N)cc4)ccc2S3)cc1. The van der Waals surface area contributed by atoms with Gasteiger partial charge < -0.3 is 11.5 Å². The first kappa shape index (κ1) is 19.8. The zero-order valence-electron chi connectivity index (χ0n) is 15.9. The van der Waals surface area contributed by atoms with Crippen LogP contribution in [-0.2, 0) is 0 Å². The van der Waals surface area contributed by atoms with Gasteiger partial charge in [-0.25, -0.2) is 0 Å². The normalized spacial score (nSPS) is 12.3. The van der Waals surface area contributed by atoms with Crippen LogP contribution in [0.25, 0.3) is 0 Å².